The third-order valence-electron chi connectivity index (χ3n) is 3.64. The highest BCUT2D eigenvalue weighted by atomic mass is 19.4. The number of nitrogens with two attached hydrogens (primary N) is 1. The highest BCUT2D eigenvalue weighted by Crippen LogP contribution is 2.30. The molecule has 1 aliphatic heterocycles. The second kappa shape index (κ2) is 6.11. The second-order valence-electron chi connectivity index (χ2n) is 5.24. The van der Waals surface area contributed by atoms with Gasteiger partial charge in [-0.2, -0.15) is 13.2 Å². The van der Waals surface area contributed by atoms with E-state index in [4.69, 9.17) is 10.6 Å². The third-order valence-corrected chi connectivity index (χ3v) is 3.64. The van der Waals surface area contributed by atoms with Gasteiger partial charge in [0.1, 0.15) is 0 Å². The van der Waals surface area contributed by atoms with Crippen LogP contribution in [0.1, 0.15) is 30.9 Å². The summed E-state index contributed by atoms with van der Waals surface area (Å²) in [4.78, 5) is 0. The maximum Gasteiger partial charge on any atom is 0.416 e. The van der Waals surface area contributed by atoms with Gasteiger partial charge >= 0.3 is 6.18 Å². The number of hydrogen-bond acceptors (Lipinski definition) is 3. The molecule has 1 aromatic rings. The van der Waals surface area contributed by atoms with E-state index < -0.39 is 11.7 Å². The Morgan fingerprint density at radius 1 is 1.40 bits per heavy atom. The number of alkyl halides is 3. The summed E-state index contributed by atoms with van der Waals surface area (Å²) in [5.74, 6) is 5.52. The Balaban J connectivity index is 2.08. The van der Waals surface area contributed by atoms with Crippen LogP contribution in [-0.2, 0) is 17.3 Å². The van der Waals surface area contributed by atoms with Gasteiger partial charge in [-0.15, -0.1) is 0 Å². The van der Waals surface area contributed by atoms with E-state index in [0.717, 1.165) is 18.9 Å². The number of hydrogen-bond donors (Lipinski definition) is 2. The SMILES string of the molecule is CC1CCC(C(Cc2cccc(C(F)(F)F)c2)NN)O1. The van der Waals surface area contributed by atoms with Gasteiger partial charge in [-0.25, -0.2) is 0 Å². The van der Waals surface area contributed by atoms with Crippen LogP contribution in [0.25, 0.3) is 0 Å². The molecule has 1 saturated heterocycles. The molecular formula is C14H19F3N2O. The average Bonchev–Trinajstić information content (AvgIpc) is 2.82. The van der Waals surface area contributed by atoms with E-state index in [1.165, 1.54) is 12.1 Å². The molecule has 0 spiro atoms. The number of benzene rings is 1. The van der Waals surface area contributed by atoms with Crippen molar-refractivity contribution in [1.82, 2.24) is 5.43 Å². The summed E-state index contributed by atoms with van der Waals surface area (Å²) < 4.78 is 43.7. The van der Waals surface area contributed by atoms with Crippen molar-refractivity contribution in [3.8, 4) is 0 Å². The Hall–Kier alpha value is -1.11. The highest BCUT2D eigenvalue weighted by Gasteiger charge is 2.32. The number of halogens is 3. The van der Waals surface area contributed by atoms with Gasteiger partial charge in [-0.05, 0) is 37.8 Å². The minimum absolute atomic E-state index is 0.0513. The largest absolute Gasteiger partial charge is 0.416 e. The van der Waals surface area contributed by atoms with Crippen LogP contribution in [0.4, 0.5) is 13.2 Å². The first-order valence-corrected chi connectivity index (χ1v) is 6.68. The van der Waals surface area contributed by atoms with Gasteiger partial charge in [0.25, 0.3) is 0 Å². The van der Waals surface area contributed by atoms with Crippen molar-refractivity contribution in [3.05, 3.63) is 35.4 Å². The standard InChI is InChI=1S/C14H19F3N2O/c1-9-5-6-13(20-9)12(19-18)8-10-3-2-4-11(7-10)14(15,16)17/h2-4,7,9,12-13,19H,5-6,8,18H2,1H3. The van der Waals surface area contributed by atoms with E-state index >= 15 is 0 Å². The first kappa shape index (κ1) is 15.3. The summed E-state index contributed by atoms with van der Waals surface area (Å²) in [5, 5.41) is 0. The molecule has 0 bridgehead atoms. The van der Waals surface area contributed by atoms with Gasteiger partial charge in [-0.1, -0.05) is 18.2 Å². The number of nitrogens with one attached hydrogen (secondary N) is 1. The Bertz CT molecular complexity index is 450. The van der Waals surface area contributed by atoms with Gasteiger partial charge in [0.05, 0.1) is 23.8 Å². The summed E-state index contributed by atoms with van der Waals surface area (Å²) in [5.41, 5.74) is 2.63. The Kier molecular flexibility index (Phi) is 4.67. The molecule has 1 heterocycles. The molecule has 6 heteroatoms. The molecule has 2 rings (SSSR count). The lowest BCUT2D eigenvalue weighted by Crippen LogP contribution is -2.45. The van der Waals surface area contributed by atoms with Crippen LogP contribution in [0, 0.1) is 0 Å². The summed E-state index contributed by atoms with van der Waals surface area (Å²) >= 11 is 0. The van der Waals surface area contributed by atoms with Crippen LogP contribution in [0.2, 0.25) is 0 Å². The molecule has 0 amide bonds. The summed E-state index contributed by atoms with van der Waals surface area (Å²) in [7, 11) is 0. The lowest BCUT2D eigenvalue weighted by Gasteiger charge is -2.23. The fraction of sp³-hybridized carbons (Fsp3) is 0.571. The predicted molar refractivity (Wildman–Crippen MR) is 69.8 cm³/mol. The van der Waals surface area contributed by atoms with Crippen molar-refractivity contribution in [2.24, 2.45) is 5.84 Å². The monoisotopic (exact) mass is 288 g/mol. The van der Waals surface area contributed by atoms with Crippen LogP contribution >= 0.6 is 0 Å². The molecule has 0 saturated carbocycles. The fourth-order valence-electron chi connectivity index (χ4n) is 2.56. The minimum atomic E-state index is -4.32. The van der Waals surface area contributed by atoms with E-state index in [-0.39, 0.29) is 18.2 Å². The van der Waals surface area contributed by atoms with Gasteiger partial charge in [0.2, 0.25) is 0 Å². The van der Waals surface area contributed by atoms with E-state index in [1.54, 1.807) is 6.07 Å². The van der Waals surface area contributed by atoms with Crippen LogP contribution in [0.5, 0.6) is 0 Å². The van der Waals surface area contributed by atoms with Crippen LogP contribution in [0.15, 0.2) is 24.3 Å². The first-order chi connectivity index (χ1) is 9.40. The molecule has 112 valence electrons. The molecule has 1 aliphatic rings. The second-order valence-corrected chi connectivity index (χ2v) is 5.24. The molecule has 1 aromatic carbocycles. The molecule has 3 unspecified atom stereocenters. The average molecular weight is 288 g/mol. The lowest BCUT2D eigenvalue weighted by atomic mass is 9.98. The van der Waals surface area contributed by atoms with Gasteiger partial charge < -0.3 is 4.74 Å². The zero-order valence-electron chi connectivity index (χ0n) is 11.3. The van der Waals surface area contributed by atoms with Gasteiger partial charge in [0, 0.05) is 0 Å². The Morgan fingerprint density at radius 2 is 2.15 bits per heavy atom. The quantitative estimate of drug-likeness (QED) is 0.661. The lowest BCUT2D eigenvalue weighted by molar-refractivity contribution is -0.137. The normalized spacial score (nSPS) is 24.9. The van der Waals surface area contributed by atoms with Crippen LogP contribution < -0.4 is 11.3 Å². The predicted octanol–water partition coefficient (Wildman–Crippen LogP) is 2.65. The molecule has 0 aromatic heterocycles. The first-order valence-electron chi connectivity index (χ1n) is 6.68. The molecule has 3 nitrogen and oxygen atoms in total. The summed E-state index contributed by atoms with van der Waals surface area (Å²) in [6, 6.07) is 5.16. The van der Waals surface area contributed by atoms with E-state index in [9.17, 15) is 13.2 Å². The fourth-order valence-corrected chi connectivity index (χ4v) is 2.56. The number of ether oxygens (including phenoxy) is 1. The van der Waals surface area contributed by atoms with Crippen molar-refractivity contribution in [1.29, 1.82) is 0 Å². The molecule has 20 heavy (non-hydrogen) atoms. The molecule has 0 radical (unpaired) electrons. The zero-order chi connectivity index (χ0) is 14.8. The zero-order valence-corrected chi connectivity index (χ0v) is 11.3. The molecule has 3 N–H and O–H groups in total. The van der Waals surface area contributed by atoms with E-state index in [1.807, 2.05) is 6.92 Å². The van der Waals surface area contributed by atoms with Crippen molar-refractivity contribution in [2.45, 2.75) is 50.6 Å². The van der Waals surface area contributed by atoms with Crippen molar-refractivity contribution in [3.63, 3.8) is 0 Å². The van der Waals surface area contributed by atoms with Crippen molar-refractivity contribution < 1.29 is 17.9 Å². The van der Waals surface area contributed by atoms with Crippen molar-refractivity contribution >= 4 is 0 Å². The number of rotatable bonds is 4. The van der Waals surface area contributed by atoms with E-state index in [0.29, 0.717) is 12.0 Å². The Morgan fingerprint density at radius 3 is 2.70 bits per heavy atom. The van der Waals surface area contributed by atoms with Crippen molar-refractivity contribution in [2.75, 3.05) is 0 Å². The molecule has 1 fully saturated rings. The van der Waals surface area contributed by atoms with Crippen LogP contribution in [0.3, 0.4) is 0 Å². The smallest absolute Gasteiger partial charge is 0.374 e. The van der Waals surface area contributed by atoms with Gasteiger partial charge in [0.15, 0.2) is 0 Å². The minimum Gasteiger partial charge on any atom is -0.374 e. The third kappa shape index (κ3) is 3.71. The molecule has 3 atom stereocenters. The highest BCUT2D eigenvalue weighted by molar-refractivity contribution is 5.26. The number of hydrazine groups is 1. The van der Waals surface area contributed by atoms with Gasteiger partial charge in [-0.3, -0.25) is 11.3 Å². The molecule has 0 aliphatic carbocycles. The van der Waals surface area contributed by atoms with Crippen LogP contribution in [-0.4, -0.2) is 18.2 Å². The van der Waals surface area contributed by atoms with E-state index in [2.05, 4.69) is 5.43 Å². The topological polar surface area (TPSA) is 47.3 Å². The Labute approximate surface area is 116 Å². The summed E-state index contributed by atoms with van der Waals surface area (Å²) in [6.07, 6.45) is -1.96. The maximum atomic E-state index is 12.7. The maximum absolute atomic E-state index is 12.7. The molecular weight excluding hydrogens is 269 g/mol. The summed E-state index contributed by atoms with van der Waals surface area (Å²) in [6.45, 7) is 1.98.